The fourth-order valence-corrected chi connectivity index (χ4v) is 2.95. The van der Waals surface area contributed by atoms with E-state index in [2.05, 4.69) is 5.32 Å². The van der Waals surface area contributed by atoms with Crippen molar-refractivity contribution in [2.24, 2.45) is 0 Å². The van der Waals surface area contributed by atoms with Gasteiger partial charge in [0.2, 0.25) is 0 Å². The minimum absolute atomic E-state index is 0.118. The third kappa shape index (κ3) is 3.53. The van der Waals surface area contributed by atoms with Crippen molar-refractivity contribution >= 4 is 17.5 Å². The lowest BCUT2D eigenvalue weighted by atomic mass is 9.98. The molecule has 1 N–H and O–H groups in total. The molecule has 0 aliphatic carbocycles. The van der Waals surface area contributed by atoms with Crippen LogP contribution in [0.1, 0.15) is 41.6 Å². The zero-order valence-electron chi connectivity index (χ0n) is 12.3. The molecule has 1 heterocycles. The van der Waals surface area contributed by atoms with E-state index in [1.165, 1.54) is 6.42 Å². The molecule has 0 radical (unpaired) electrons. The molecule has 1 atom stereocenters. The second-order valence-electron chi connectivity index (χ2n) is 5.50. The smallest absolute Gasteiger partial charge is 0.254 e. The van der Waals surface area contributed by atoms with Gasteiger partial charge in [0, 0.05) is 23.2 Å². The molecule has 0 aromatic heterocycles. The van der Waals surface area contributed by atoms with E-state index < -0.39 is 0 Å². The Morgan fingerprint density at radius 1 is 1.45 bits per heavy atom. The van der Waals surface area contributed by atoms with E-state index >= 15 is 0 Å². The van der Waals surface area contributed by atoms with Crippen molar-refractivity contribution in [2.75, 3.05) is 20.1 Å². The first-order valence-electron chi connectivity index (χ1n) is 7.35. The molecule has 1 aromatic rings. The Balaban J connectivity index is 2.14. The highest BCUT2D eigenvalue weighted by atomic mass is 35.5. The first-order valence-corrected chi connectivity index (χ1v) is 7.73. The van der Waals surface area contributed by atoms with Gasteiger partial charge in [-0.25, -0.2) is 0 Å². The predicted octanol–water partition coefficient (Wildman–Crippen LogP) is 3.25. The maximum Gasteiger partial charge on any atom is 0.254 e. The number of aryl methyl sites for hydroxylation is 1. The number of nitrogens with one attached hydrogen (secondary N) is 1. The van der Waals surface area contributed by atoms with Gasteiger partial charge in [-0.1, -0.05) is 17.7 Å². The van der Waals surface area contributed by atoms with Crippen LogP contribution in [0.3, 0.4) is 0 Å². The molecule has 0 bridgehead atoms. The quantitative estimate of drug-likeness (QED) is 0.924. The van der Waals surface area contributed by atoms with E-state index in [9.17, 15) is 4.79 Å². The molecule has 1 aliphatic rings. The number of carbonyl (C=O) groups excluding carboxylic acids is 1. The van der Waals surface area contributed by atoms with Gasteiger partial charge in [0.1, 0.15) is 0 Å². The maximum atomic E-state index is 12.7. The molecule has 110 valence electrons. The van der Waals surface area contributed by atoms with E-state index in [4.69, 9.17) is 11.6 Å². The molecule has 1 aromatic carbocycles. The molecule has 1 unspecified atom stereocenters. The first kappa shape index (κ1) is 15.3. The van der Waals surface area contributed by atoms with E-state index in [1.807, 2.05) is 31.0 Å². The minimum Gasteiger partial charge on any atom is -0.336 e. The molecular weight excluding hydrogens is 272 g/mol. The van der Waals surface area contributed by atoms with Crippen LogP contribution in [0.2, 0.25) is 5.02 Å². The highest BCUT2D eigenvalue weighted by Crippen LogP contribution is 2.24. The summed E-state index contributed by atoms with van der Waals surface area (Å²) in [5, 5.41) is 3.84. The molecule has 4 heteroatoms. The van der Waals surface area contributed by atoms with E-state index in [0.29, 0.717) is 16.6 Å². The summed E-state index contributed by atoms with van der Waals surface area (Å²) in [6.07, 6.45) is 4.43. The summed E-state index contributed by atoms with van der Waals surface area (Å²) in [6, 6.07) is 5.95. The van der Waals surface area contributed by atoms with Gasteiger partial charge in [-0.15, -0.1) is 0 Å². The summed E-state index contributed by atoms with van der Waals surface area (Å²) in [7, 11) is 1.95. The Bertz CT molecular complexity index is 476. The predicted molar refractivity (Wildman–Crippen MR) is 83.4 cm³/mol. The number of carbonyl (C=O) groups is 1. The van der Waals surface area contributed by atoms with Gasteiger partial charge >= 0.3 is 0 Å². The summed E-state index contributed by atoms with van der Waals surface area (Å²) in [5.41, 5.74) is 1.71. The monoisotopic (exact) mass is 294 g/mol. The normalized spacial score (nSPS) is 19.1. The number of benzene rings is 1. The minimum atomic E-state index is 0.118. The Labute approximate surface area is 126 Å². The van der Waals surface area contributed by atoms with Gasteiger partial charge in [0.05, 0.1) is 0 Å². The number of hydrogen-bond acceptors (Lipinski definition) is 2. The zero-order valence-corrected chi connectivity index (χ0v) is 13.0. The number of nitrogens with zero attached hydrogens (tertiary/aromatic N) is 1. The maximum absolute atomic E-state index is 12.7. The number of rotatable bonds is 4. The molecular formula is C16H23ClN2O. The Morgan fingerprint density at radius 2 is 2.25 bits per heavy atom. The van der Waals surface area contributed by atoms with Crippen LogP contribution in [-0.2, 0) is 0 Å². The fraction of sp³-hybridized carbons (Fsp3) is 0.562. The SMILES string of the molecule is CNCCC1CCCCN1C(=O)c1ccc(C)c(Cl)c1. The lowest BCUT2D eigenvalue weighted by Gasteiger charge is -2.36. The molecule has 1 amide bonds. The fourth-order valence-electron chi connectivity index (χ4n) is 2.77. The molecule has 1 aliphatic heterocycles. The standard InChI is InChI=1S/C16H23ClN2O/c1-12-6-7-13(11-15(12)17)16(20)19-10-4-3-5-14(19)8-9-18-2/h6-7,11,14,18H,3-5,8-10H2,1-2H3. The second kappa shape index (κ2) is 7.09. The van der Waals surface area contributed by atoms with Crippen molar-refractivity contribution in [3.63, 3.8) is 0 Å². The lowest BCUT2D eigenvalue weighted by Crippen LogP contribution is -2.44. The highest BCUT2D eigenvalue weighted by Gasteiger charge is 2.27. The summed E-state index contributed by atoms with van der Waals surface area (Å²) >= 11 is 6.14. The van der Waals surface area contributed by atoms with E-state index in [0.717, 1.165) is 37.9 Å². The number of amides is 1. The van der Waals surface area contributed by atoms with Crippen LogP contribution in [-0.4, -0.2) is 37.0 Å². The topological polar surface area (TPSA) is 32.3 Å². The van der Waals surface area contributed by atoms with Crippen LogP contribution in [0.5, 0.6) is 0 Å². The number of piperidine rings is 1. The van der Waals surface area contributed by atoms with Crippen molar-refractivity contribution < 1.29 is 4.79 Å². The van der Waals surface area contributed by atoms with Crippen LogP contribution in [0.15, 0.2) is 18.2 Å². The average molecular weight is 295 g/mol. The highest BCUT2D eigenvalue weighted by molar-refractivity contribution is 6.31. The van der Waals surface area contributed by atoms with Crippen molar-refractivity contribution in [3.8, 4) is 0 Å². The van der Waals surface area contributed by atoms with Crippen LogP contribution < -0.4 is 5.32 Å². The first-order chi connectivity index (χ1) is 9.63. The Hall–Kier alpha value is -1.06. The van der Waals surface area contributed by atoms with E-state index in [-0.39, 0.29) is 5.91 Å². The van der Waals surface area contributed by atoms with Crippen LogP contribution in [0, 0.1) is 6.92 Å². The molecule has 1 saturated heterocycles. The van der Waals surface area contributed by atoms with Gasteiger partial charge in [0.15, 0.2) is 0 Å². The number of likely N-dealkylation sites (tertiary alicyclic amines) is 1. The summed E-state index contributed by atoms with van der Waals surface area (Å²) in [5.74, 6) is 0.118. The van der Waals surface area contributed by atoms with Gasteiger partial charge in [-0.2, -0.15) is 0 Å². The van der Waals surface area contributed by atoms with E-state index in [1.54, 1.807) is 6.07 Å². The zero-order chi connectivity index (χ0) is 14.5. The molecule has 2 rings (SSSR count). The Morgan fingerprint density at radius 3 is 2.95 bits per heavy atom. The number of hydrogen-bond donors (Lipinski definition) is 1. The van der Waals surface area contributed by atoms with Gasteiger partial charge in [-0.3, -0.25) is 4.79 Å². The summed E-state index contributed by atoms with van der Waals surface area (Å²) in [4.78, 5) is 14.7. The van der Waals surface area contributed by atoms with Crippen molar-refractivity contribution in [2.45, 2.75) is 38.6 Å². The summed E-state index contributed by atoms with van der Waals surface area (Å²) in [6.45, 7) is 3.76. The molecule has 20 heavy (non-hydrogen) atoms. The van der Waals surface area contributed by atoms with Gasteiger partial charge < -0.3 is 10.2 Å². The molecule has 1 fully saturated rings. The van der Waals surface area contributed by atoms with Crippen LogP contribution in [0.4, 0.5) is 0 Å². The van der Waals surface area contributed by atoms with Crippen molar-refractivity contribution in [1.29, 1.82) is 0 Å². The largest absolute Gasteiger partial charge is 0.336 e. The Kier molecular flexibility index (Phi) is 5.44. The van der Waals surface area contributed by atoms with Gasteiger partial charge in [-0.05, 0) is 63.9 Å². The molecule has 3 nitrogen and oxygen atoms in total. The average Bonchev–Trinajstić information content (AvgIpc) is 2.47. The second-order valence-corrected chi connectivity index (χ2v) is 5.91. The molecule has 0 saturated carbocycles. The van der Waals surface area contributed by atoms with Crippen LogP contribution >= 0.6 is 11.6 Å². The number of halogens is 1. The third-order valence-corrected chi connectivity index (χ3v) is 4.44. The van der Waals surface area contributed by atoms with Crippen LogP contribution in [0.25, 0.3) is 0 Å². The summed E-state index contributed by atoms with van der Waals surface area (Å²) < 4.78 is 0. The third-order valence-electron chi connectivity index (χ3n) is 4.03. The van der Waals surface area contributed by atoms with Gasteiger partial charge in [0.25, 0.3) is 5.91 Å². The van der Waals surface area contributed by atoms with Crippen molar-refractivity contribution in [1.82, 2.24) is 10.2 Å². The lowest BCUT2D eigenvalue weighted by molar-refractivity contribution is 0.0602. The van der Waals surface area contributed by atoms with Crippen molar-refractivity contribution in [3.05, 3.63) is 34.3 Å². The molecule has 0 spiro atoms.